The molecule has 0 fully saturated rings. The number of hydrogen-bond acceptors (Lipinski definition) is 10. The molecule has 1 atom stereocenters. The number of hydrogen-bond donors (Lipinski definition) is 2. The van der Waals surface area contributed by atoms with E-state index in [1.165, 1.54) is 31.3 Å². The molecule has 0 spiro atoms. The number of carbonyl (C=O) groups is 3. The molecule has 1 aliphatic rings. The number of nitrogens with zero attached hydrogens (tertiary/aromatic N) is 2. The number of aryl methyl sites for hydroxylation is 1. The lowest BCUT2D eigenvalue weighted by Gasteiger charge is -2.36. The third kappa shape index (κ3) is 5.10. The molecule has 4 rings (SSSR count). The molecule has 0 bridgehead atoms. The van der Waals surface area contributed by atoms with E-state index >= 15 is 0 Å². The number of carboxylic acid groups (broad SMARTS) is 1. The molecule has 11 heteroatoms. The summed E-state index contributed by atoms with van der Waals surface area (Å²) in [6, 6.07) is 18.5. The van der Waals surface area contributed by atoms with Gasteiger partial charge in [0.1, 0.15) is 29.6 Å². The van der Waals surface area contributed by atoms with Crippen LogP contribution in [0.15, 0.2) is 87.7 Å². The highest BCUT2D eigenvalue weighted by Gasteiger charge is 2.43. The predicted molar refractivity (Wildman–Crippen MR) is 141 cm³/mol. The van der Waals surface area contributed by atoms with Crippen LogP contribution >= 0.6 is 0 Å². The smallest absolute Gasteiger partial charge is 0.371 e. The summed E-state index contributed by atoms with van der Waals surface area (Å²) < 4.78 is 21.1. The lowest BCUT2D eigenvalue weighted by Crippen LogP contribution is -2.41. The maximum absolute atomic E-state index is 13.2. The number of esters is 2. The van der Waals surface area contributed by atoms with Crippen LogP contribution in [0.1, 0.15) is 33.4 Å². The first-order valence-corrected chi connectivity index (χ1v) is 11.9. The van der Waals surface area contributed by atoms with Gasteiger partial charge in [0.05, 0.1) is 43.0 Å². The van der Waals surface area contributed by atoms with E-state index in [0.29, 0.717) is 28.3 Å². The summed E-state index contributed by atoms with van der Waals surface area (Å²) in [5.41, 5.74) is 7.83. The average molecular weight is 544 g/mol. The molecule has 1 aromatic heterocycles. The number of anilines is 1. The first kappa shape index (κ1) is 27.5. The number of carboxylic acids is 1. The van der Waals surface area contributed by atoms with Crippen molar-refractivity contribution in [2.75, 3.05) is 19.1 Å². The van der Waals surface area contributed by atoms with Gasteiger partial charge in [-0.05, 0) is 48.4 Å². The van der Waals surface area contributed by atoms with Crippen LogP contribution in [-0.4, -0.2) is 37.2 Å². The molecule has 2 heterocycles. The Bertz CT molecular complexity index is 1580. The fraction of sp³-hybridized carbons (Fsp3) is 0.172. The summed E-state index contributed by atoms with van der Waals surface area (Å²) in [5, 5.41) is 19.2. The van der Waals surface area contributed by atoms with Crippen molar-refractivity contribution in [3.63, 3.8) is 0 Å². The van der Waals surface area contributed by atoms with Gasteiger partial charge in [0, 0.05) is 0 Å². The van der Waals surface area contributed by atoms with E-state index in [-0.39, 0.29) is 35.0 Å². The normalized spacial score (nSPS) is 14.9. The number of ether oxygens (including phenoxy) is 3. The van der Waals surface area contributed by atoms with Crippen LogP contribution in [0.5, 0.6) is 5.75 Å². The average Bonchev–Trinajstić information content (AvgIpc) is 3.45. The highest BCUT2D eigenvalue weighted by atomic mass is 16.5. The number of allylic oxidation sites excluding steroid dienone is 1. The second kappa shape index (κ2) is 11.5. The van der Waals surface area contributed by atoms with Crippen LogP contribution in [0.2, 0.25) is 0 Å². The van der Waals surface area contributed by atoms with E-state index in [9.17, 15) is 19.6 Å². The highest BCUT2D eigenvalue weighted by Crippen LogP contribution is 2.44. The molecule has 0 saturated carbocycles. The van der Waals surface area contributed by atoms with E-state index in [4.69, 9.17) is 29.5 Å². The molecule has 1 unspecified atom stereocenters. The summed E-state index contributed by atoms with van der Waals surface area (Å²) in [5.74, 6) is -3.38. The summed E-state index contributed by atoms with van der Waals surface area (Å²) in [4.78, 5) is 38.7. The maximum Gasteiger partial charge on any atom is 0.371 e. The van der Waals surface area contributed by atoms with Crippen molar-refractivity contribution in [1.82, 2.24) is 0 Å². The zero-order valence-corrected chi connectivity index (χ0v) is 21.8. The third-order valence-corrected chi connectivity index (χ3v) is 6.27. The number of nitrogens with two attached hydrogens (primary N) is 1. The molecule has 11 nitrogen and oxygen atoms in total. The Morgan fingerprint density at radius 2 is 1.75 bits per heavy atom. The fourth-order valence-electron chi connectivity index (χ4n) is 4.46. The van der Waals surface area contributed by atoms with Crippen LogP contribution in [0.25, 0.3) is 0 Å². The number of methoxy groups -OCH3 is 2. The number of aromatic carboxylic acids is 1. The standard InChI is InChI=1S/C29H25N3O8/c1-16-13-18(39-15-19-10-12-22(40-19)27(33)34)9-11-21(16)32-25(29(36)38-3)24(28(35)37-2)23(20(14-30)26(32)31)17-7-5-4-6-8-17/h4-13,23H,15,31H2,1-3H3,(H,33,34). The van der Waals surface area contributed by atoms with Crippen molar-refractivity contribution < 1.29 is 38.1 Å². The van der Waals surface area contributed by atoms with Gasteiger partial charge in [-0.1, -0.05) is 30.3 Å². The Kier molecular flexibility index (Phi) is 7.91. The quantitative estimate of drug-likeness (QED) is 0.397. The number of carbonyl (C=O) groups excluding carboxylic acids is 2. The molecule has 0 saturated heterocycles. The van der Waals surface area contributed by atoms with Gasteiger partial charge in [0.15, 0.2) is 0 Å². The number of furan rings is 1. The summed E-state index contributed by atoms with van der Waals surface area (Å²) >= 11 is 0. The Hall–Kier alpha value is -5.50. The minimum atomic E-state index is -1.19. The molecular weight excluding hydrogens is 518 g/mol. The first-order chi connectivity index (χ1) is 19.2. The van der Waals surface area contributed by atoms with Crippen LogP contribution < -0.4 is 15.4 Å². The van der Waals surface area contributed by atoms with E-state index < -0.39 is 23.8 Å². The molecule has 2 aromatic carbocycles. The van der Waals surface area contributed by atoms with Gasteiger partial charge in [-0.25, -0.2) is 14.4 Å². The molecule has 204 valence electrons. The van der Waals surface area contributed by atoms with E-state index in [1.54, 1.807) is 55.5 Å². The van der Waals surface area contributed by atoms with Crippen molar-refractivity contribution >= 4 is 23.6 Å². The topological polar surface area (TPSA) is 165 Å². The molecule has 3 aromatic rings. The minimum Gasteiger partial charge on any atom is -0.486 e. The van der Waals surface area contributed by atoms with Gasteiger partial charge >= 0.3 is 17.9 Å². The first-order valence-electron chi connectivity index (χ1n) is 11.9. The third-order valence-electron chi connectivity index (χ3n) is 6.27. The predicted octanol–water partition coefficient (Wildman–Crippen LogP) is 3.76. The van der Waals surface area contributed by atoms with Crippen LogP contribution in [0.3, 0.4) is 0 Å². The minimum absolute atomic E-state index is 0.0328. The fourth-order valence-corrected chi connectivity index (χ4v) is 4.46. The second-order valence-corrected chi connectivity index (χ2v) is 8.64. The van der Waals surface area contributed by atoms with Crippen molar-refractivity contribution in [3.8, 4) is 11.8 Å². The van der Waals surface area contributed by atoms with Crippen molar-refractivity contribution in [3.05, 3.63) is 106 Å². The van der Waals surface area contributed by atoms with Gasteiger partial charge in [0.25, 0.3) is 0 Å². The van der Waals surface area contributed by atoms with Crippen molar-refractivity contribution in [2.24, 2.45) is 5.73 Å². The van der Waals surface area contributed by atoms with Crippen LogP contribution in [0.4, 0.5) is 5.69 Å². The summed E-state index contributed by atoms with van der Waals surface area (Å²) in [6.45, 7) is 1.70. The largest absolute Gasteiger partial charge is 0.486 e. The molecule has 0 radical (unpaired) electrons. The summed E-state index contributed by atoms with van der Waals surface area (Å²) in [7, 11) is 2.36. The van der Waals surface area contributed by atoms with Crippen molar-refractivity contribution in [2.45, 2.75) is 19.4 Å². The van der Waals surface area contributed by atoms with Gasteiger partial charge < -0.3 is 29.5 Å². The lowest BCUT2D eigenvalue weighted by atomic mass is 9.80. The Morgan fingerprint density at radius 3 is 2.33 bits per heavy atom. The molecular formula is C29H25N3O8. The molecule has 0 amide bonds. The Morgan fingerprint density at radius 1 is 1.05 bits per heavy atom. The summed E-state index contributed by atoms with van der Waals surface area (Å²) in [6.07, 6.45) is 0. The number of benzene rings is 2. The lowest BCUT2D eigenvalue weighted by molar-refractivity contribution is -0.139. The SMILES string of the molecule is COC(=O)C1=C(C(=O)OC)N(c2ccc(OCc3ccc(C(=O)O)o3)cc2C)C(N)=C(C#N)C1c1ccccc1. The Labute approximate surface area is 229 Å². The van der Waals surface area contributed by atoms with Gasteiger partial charge in [0.2, 0.25) is 5.76 Å². The number of rotatable bonds is 8. The van der Waals surface area contributed by atoms with E-state index in [0.717, 1.165) is 0 Å². The zero-order valence-electron chi connectivity index (χ0n) is 21.8. The zero-order chi connectivity index (χ0) is 29.0. The Balaban J connectivity index is 1.81. The molecule has 1 aliphatic heterocycles. The van der Waals surface area contributed by atoms with Gasteiger partial charge in [-0.3, -0.25) is 4.90 Å². The highest BCUT2D eigenvalue weighted by molar-refractivity contribution is 6.06. The number of nitriles is 1. The van der Waals surface area contributed by atoms with Gasteiger partial charge in [-0.15, -0.1) is 0 Å². The second-order valence-electron chi connectivity index (χ2n) is 8.64. The van der Waals surface area contributed by atoms with E-state index in [2.05, 4.69) is 6.07 Å². The molecule has 0 aliphatic carbocycles. The maximum atomic E-state index is 13.2. The van der Waals surface area contributed by atoms with Crippen LogP contribution in [0, 0.1) is 18.3 Å². The van der Waals surface area contributed by atoms with E-state index in [1.807, 2.05) is 0 Å². The van der Waals surface area contributed by atoms with Crippen LogP contribution in [-0.2, 0) is 25.7 Å². The molecule has 40 heavy (non-hydrogen) atoms. The van der Waals surface area contributed by atoms with Gasteiger partial charge in [-0.2, -0.15) is 5.26 Å². The molecule has 3 N–H and O–H groups in total. The monoisotopic (exact) mass is 543 g/mol. The van der Waals surface area contributed by atoms with Crippen molar-refractivity contribution in [1.29, 1.82) is 5.26 Å².